The molecule has 3 saturated heterocycles. The molecule has 0 aromatic carbocycles. The van der Waals surface area contributed by atoms with Crippen molar-refractivity contribution in [3.8, 4) is 0 Å². The third-order valence-electron chi connectivity index (χ3n) is 4.89. The summed E-state index contributed by atoms with van der Waals surface area (Å²) in [6.45, 7) is 2.07. The number of hydrogen-bond donors (Lipinski definition) is 2. The molecule has 21 heavy (non-hydrogen) atoms. The highest BCUT2D eigenvalue weighted by molar-refractivity contribution is 5.84. The van der Waals surface area contributed by atoms with Gasteiger partial charge in [0.05, 0.1) is 17.9 Å². The number of hydrogen-bond acceptors (Lipinski definition) is 3. The van der Waals surface area contributed by atoms with Crippen molar-refractivity contribution in [1.82, 2.24) is 15.1 Å². The van der Waals surface area contributed by atoms with Crippen LogP contribution in [0.4, 0.5) is 4.79 Å². The minimum Gasteiger partial charge on any atom is -0.481 e. The van der Waals surface area contributed by atoms with Gasteiger partial charge in [0.1, 0.15) is 0 Å². The molecule has 0 aliphatic carbocycles. The molecule has 0 spiro atoms. The maximum Gasteiger partial charge on any atom is 0.320 e. The largest absolute Gasteiger partial charge is 0.481 e. The van der Waals surface area contributed by atoms with Crippen LogP contribution in [0.3, 0.4) is 0 Å². The molecule has 3 aliphatic heterocycles. The van der Waals surface area contributed by atoms with Crippen LogP contribution in [-0.4, -0.2) is 65.0 Å². The molecule has 0 saturated carbocycles. The summed E-state index contributed by atoms with van der Waals surface area (Å²) >= 11 is 0. The van der Waals surface area contributed by atoms with E-state index in [0.29, 0.717) is 26.1 Å². The van der Waals surface area contributed by atoms with Crippen molar-refractivity contribution < 1.29 is 19.5 Å². The second kappa shape index (κ2) is 5.54. The van der Waals surface area contributed by atoms with Gasteiger partial charge in [-0.1, -0.05) is 0 Å². The van der Waals surface area contributed by atoms with Crippen LogP contribution in [0.15, 0.2) is 0 Å². The quantitative estimate of drug-likeness (QED) is 0.718. The normalized spacial score (nSPS) is 32.6. The molecule has 0 bridgehead atoms. The van der Waals surface area contributed by atoms with Crippen molar-refractivity contribution in [2.75, 3.05) is 26.2 Å². The predicted octanol–water partition coefficient (Wildman–Crippen LogP) is 0.113. The van der Waals surface area contributed by atoms with Crippen LogP contribution in [0.25, 0.3) is 0 Å². The zero-order chi connectivity index (χ0) is 15.0. The van der Waals surface area contributed by atoms with Gasteiger partial charge in [0.2, 0.25) is 5.91 Å². The molecular weight excluding hydrogens is 274 g/mol. The number of carbonyl (C=O) groups excluding carboxylic acids is 2. The van der Waals surface area contributed by atoms with E-state index in [-0.39, 0.29) is 30.4 Å². The van der Waals surface area contributed by atoms with Gasteiger partial charge in [-0.15, -0.1) is 0 Å². The monoisotopic (exact) mass is 295 g/mol. The molecule has 7 nitrogen and oxygen atoms in total. The van der Waals surface area contributed by atoms with Crippen LogP contribution in [0, 0.1) is 11.8 Å². The summed E-state index contributed by atoms with van der Waals surface area (Å²) in [4.78, 5) is 39.0. The van der Waals surface area contributed by atoms with Gasteiger partial charge in [0.15, 0.2) is 0 Å². The zero-order valence-corrected chi connectivity index (χ0v) is 12.0. The van der Waals surface area contributed by atoms with E-state index in [4.69, 9.17) is 5.11 Å². The number of aliphatic carboxylic acids is 1. The number of likely N-dealkylation sites (tertiary alicyclic amines) is 2. The second-order valence-corrected chi connectivity index (χ2v) is 6.16. The molecule has 3 fully saturated rings. The van der Waals surface area contributed by atoms with E-state index in [1.807, 2.05) is 0 Å². The molecule has 116 valence electrons. The van der Waals surface area contributed by atoms with E-state index in [9.17, 15) is 14.4 Å². The van der Waals surface area contributed by atoms with Gasteiger partial charge >= 0.3 is 12.0 Å². The van der Waals surface area contributed by atoms with Gasteiger partial charge in [-0.25, -0.2) is 4.79 Å². The van der Waals surface area contributed by atoms with E-state index in [2.05, 4.69) is 5.32 Å². The van der Waals surface area contributed by atoms with Crippen LogP contribution in [-0.2, 0) is 9.59 Å². The number of piperidine rings is 2. The Hall–Kier alpha value is -1.79. The fourth-order valence-corrected chi connectivity index (χ4v) is 3.72. The molecule has 0 radical (unpaired) electrons. The topological polar surface area (TPSA) is 90.0 Å². The summed E-state index contributed by atoms with van der Waals surface area (Å²) in [6.07, 6.45) is 3.02. The summed E-state index contributed by atoms with van der Waals surface area (Å²) in [5.74, 6) is -1.35. The van der Waals surface area contributed by atoms with Crippen LogP contribution < -0.4 is 5.32 Å². The van der Waals surface area contributed by atoms with Crippen molar-refractivity contribution in [1.29, 1.82) is 0 Å². The third-order valence-corrected chi connectivity index (χ3v) is 4.89. The Labute approximate surface area is 123 Å². The first-order valence-corrected chi connectivity index (χ1v) is 7.64. The van der Waals surface area contributed by atoms with Crippen LogP contribution in [0.1, 0.15) is 25.7 Å². The van der Waals surface area contributed by atoms with Gasteiger partial charge in [-0.05, 0) is 25.7 Å². The zero-order valence-electron chi connectivity index (χ0n) is 12.0. The third kappa shape index (κ3) is 2.56. The lowest BCUT2D eigenvalue weighted by molar-refractivity contribution is -0.143. The van der Waals surface area contributed by atoms with Crippen LogP contribution >= 0.6 is 0 Å². The lowest BCUT2D eigenvalue weighted by atomic mass is 9.91. The molecule has 3 amide bonds. The first kappa shape index (κ1) is 14.2. The van der Waals surface area contributed by atoms with E-state index in [1.54, 1.807) is 9.80 Å². The Morgan fingerprint density at radius 1 is 1.19 bits per heavy atom. The molecular formula is C14H21N3O4. The number of carboxylic acid groups (broad SMARTS) is 1. The van der Waals surface area contributed by atoms with Gasteiger partial charge in [0.25, 0.3) is 0 Å². The lowest BCUT2D eigenvalue weighted by Gasteiger charge is -2.41. The minimum atomic E-state index is -0.832. The minimum absolute atomic E-state index is 0.0413. The SMILES string of the molecule is O=C(O)C1CCCN(C(=O)N2CCCC3C(=O)NCC32)C1. The Morgan fingerprint density at radius 3 is 2.71 bits per heavy atom. The first-order valence-electron chi connectivity index (χ1n) is 7.64. The molecule has 0 aromatic rings. The summed E-state index contributed by atoms with van der Waals surface area (Å²) in [5.41, 5.74) is 0. The van der Waals surface area contributed by atoms with E-state index >= 15 is 0 Å². The number of fused-ring (bicyclic) bond motifs is 1. The van der Waals surface area contributed by atoms with Gasteiger partial charge in [-0.2, -0.15) is 0 Å². The molecule has 2 N–H and O–H groups in total. The lowest BCUT2D eigenvalue weighted by Crippen LogP contribution is -2.55. The highest BCUT2D eigenvalue weighted by Gasteiger charge is 2.44. The number of carbonyl (C=O) groups is 3. The smallest absolute Gasteiger partial charge is 0.320 e. The van der Waals surface area contributed by atoms with Crippen molar-refractivity contribution in [2.45, 2.75) is 31.7 Å². The molecule has 3 rings (SSSR count). The first-order chi connectivity index (χ1) is 10.1. The Balaban J connectivity index is 1.69. The van der Waals surface area contributed by atoms with E-state index in [1.165, 1.54) is 0 Å². The van der Waals surface area contributed by atoms with Crippen molar-refractivity contribution in [3.63, 3.8) is 0 Å². The van der Waals surface area contributed by atoms with Gasteiger partial charge < -0.3 is 20.2 Å². The summed E-state index contributed by atoms with van der Waals surface area (Å²) < 4.78 is 0. The fourth-order valence-electron chi connectivity index (χ4n) is 3.72. The molecule has 3 aliphatic rings. The standard InChI is InChI=1S/C14H21N3O4/c18-12-10-4-2-6-17(11(10)7-15-12)14(21)16-5-1-3-9(8-16)13(19)20/h9-11H,1-8H2,(H,15,18)(H,19,20). The molecule has 3 unspecified atom stereocenters. The molecule has 7 heteroatoms. The molecule has 3 atom stereocenters. The summed E-state index contributed by atoms with van der Waals surface area (Å²) in [7, 11) is 0. The van der Waals surface area contributed by atoms with Crippen molar-refractivity contribution in [2.24, 2.45) is 11.8 Å². The Bertz CT molecular complexity index is 467. The number of rotatable bonds is 1. The van der Waals surface area contributed by atoms with Gasteiger partial charge in [0, 0.05) is 26.2 Å². The van der Waals surface area contributed by atoms with Gasteiger partial charge in [-0.3, -0.25) is 9.59 Å². The van der Waals surface area contributed by atoms with Crippen LogP contribution in [0.2, 0.25) is 0 Å². The van der Waals surface area contributed by atoms with E-state index in [0.717, 1.165) is 19.3 Å². The average molecular weight is 295 g/mol. The average Bonchev–Trinajstić information content (AvgIpc) is 2.88. The number of carboxylic acids is 1. The molecule has 0 aromatic heterocycles. The van der Waals surface area contributed by atoms with E-state index < -0.39 is 11.9 Å². The number of urea groups is 1. The van der Waals surface area contributed by atoms with Crippen LogP contribution in [0.5, 0.6) is 0 Å². The van der Waals surface area contributed by atoms with Crippen molar-refractivity contribution in [3.05, 3.63) is 0 Å². The highest BCUT2D eigenvalue weighted by atomic mass is 16.4. The second-order valence-electron chi connectivity index (χ2n) is 6.16. The Kier molecular flexibility index (Phi) is 3.73. The fraction of sp³-hybridized carbons (Fsp3) is 0.786. The summed E-state index contributed by atoms with van der Waals surface area (Å²) in [6, 6.07) is -0.170. The van der Waals surface area contributed by atoms with Crippen molar-refractivity contribution >= 4 is 17.9 Å². The Morgan fingerprint density at radius 2 is 1.95 bits per heavy atom. The highest BCUT2D eigenvalue weighted by Crippen LogP contribution is 2.29. The maximum atomic E-state index is 12.7. The summed E-state index contributed by atoms with van der Waals surface area (Å²) in [5, 5.41) is 12.0. The number of nitrogens with one attached hydrogen (secondary N) is 1. The molecule has 3 heterocycles. The number of amides is 3. The predicted molar refractivity (Wildman–Crippen MR) is 73.6 cm³/mol. The number of nitrogens with zero attached hydrogens (tertiary/aromatic N) is 2. The maximum absolute atomic E-state index is 12.7.